The number of para-hydroxylation sites is 2. The minimum absolute atomic E-state index is 0.566. The normalized spacial score (nSPS) is 11.9. The molecule has 0 saturated carbocycles. The number of hydrogen-bond donors (Lipinski definition) is 0. The molecular weight excluding hydrogens is 687 g/mol. The van der Waals surface area contributed by atoms with Crippen molar-refractivity contribution in [1.29, 1.82) is 0 Å². The van der Waals surface area contributed by atoms with Gasteiger partial charge in [-0.25, -0.2) is 15.0 Å². The Kier molecular flexibility index (Phi) is 6.56. The topological polar surface area (TPSA) is 65.0 Å². The quantitative estimate of drug-likeness (QED) is 0.170. The van der Waals surface area contributed by atoms with E-state index in [1.807, 2.05) is 60.7 Å². The van der Waals surface area contributed by atoms with E-state index in [1.54, 1.807) is 0 Å². The van der Waals surface area contributed by atoms with Gasteiger partial charge in [0, 0.05) is 38.2 Å². The van der Waals surface area contributed by atoms with E-state index in [1.165, 1.54) is 32.3 Å². The predicted molar refractivity (Wildman–Crippen MR) is 229 cm³/mol. The second-order valence-corrected chi connectivity index (χ2v) is 14.3. The van der Waals surface area contributed by atoms with Gasteiger partial charge >= 0.3 is 0 Å². The van der Waals surface area contributed by atoms with Crippen LogP contribution in [0.3, 0.4) is 0 Å². The fourth-order valence-electron chi connectivity index (χ4n) is 8.66. The zero-order valence-corrected chi connectivity index (χ0v) is 29.9. The lowest BCUT2D eigenvalue weighted by Crippen LogP contribution is -2.01. The molecule has 5 nitrogen and oxygen atoms in total. The van der Waals surface area contributed by atoms with Gasteiger partial charge in [-0.2, -0.15) is 0 Å². The van der Waals surface area contributed by atoms with Gasteiger partial charge in [-0.1, -0.05) is 146 Å². The fraction of sp³-hybridized carbons (Fsp3) is 0. The Morgan fingerprint density at radius 3 is 1.36 bits per heavy atom. The average Bonchev–Trinajstić information content (AvgIpc) is 3.85. The van der Waals surface area contributed by atoms with E-state index in [0.29, 0.717) is 17.5 Å². The van der Waals surface area contributed by atoms with Crippen molar-refractivity contribution in [2.24, 2.45) is 0 Å². The Balaban J connectivity index is 1.17. The molecule has 9 aromatic carbocycles. The minimum Gasteiger partial charge on any atom is -0.456 e. The van der Waals surface area contributed by atoms with E-state index in [2.05, 4.69) is 115 Å². The van der Waals surface area contributed by atoms with Crippen LogP contribution in [0, 0.1) is 0 Å². The molecule has 0 fully saturated rings. The molecule has 0 N–H and O–H groups in total. The van der Waals surface area contributed by atoms with Gasteiger partial charge in [0.15, 0.2) is 17.5 Å². The lowest BCUT2D eigenvalue weighted by molar-refractivity contribution is 0.668. The molecule has 5 heteroatoms. The smallest absolute Gasteiger partial charge is 0.164 e. The zero-order valence-electron chi connectivity index (χ0n) is 29.9. The van der Waals surface area contributed by atoms with Crippen molar-refractivity contribution in [2.45, 2.75) is 0 Å². The molecule has 0 amide bonds. The summed E-state index contributed by atoms with van der Waals surface area (Å²) in [7, 11) is 0. The van der Waals surface area contributed by atoms with Crippen LogP contribution >= 0.6 is 0 Å². The molecule has 0 atom stereocenters. The summed E-state index contributed by atoms with van der Waals surface area (Å²) in [5.41, 5.74) is 8.03. The number of furan rings is 2. The molecule has 12 aromatic rings. The SMILES string of the molecule is c1ccc(-c2cc3c4ccccc4ccc3c3ccccc23)c(-c2nc(-c3cccc4oc5ccccc5c34)nc(-c3cccc4oc5ccccc5c34)n2)c1. The van der Waals surface area contributed by atoms with Gasteiger partial charge in [-0.15, -0.1) is 0 Å². The second-order valence-electron chi connectivity index (χ2n) is 14.3. The molecule has 0 aliphatic heterocycles. The van der Waals surface area contributed by atoms with Crippen LogP contribution in [0.15, 0.2) is 185 Å². The Morgan fingerprint density at radius 1 is 0.268 bits per heavy atom. The van der Waals surface area contributed by atoms with Crippen LogP contribution in [-0.2, 0) is 0 Å². The molecule has 0 aliphatic rings. The van der Waals surface area contributed by atoms with Crippen LogP contribution < -0.4 is 0 Å². The Labute approximate surface area is 320 Å². The Morgan fingerprint density at radius 2 is 0.714 bits per heavy atom. The summed E-state index contributed by atoms with van der Waals surface area (Å²) in [4.78, 5) is 16.0. The molecule has 56 heavy (non-hydrogen) atoms. The third-order valence-electron chi connectivity index (χ3n) is 11.1. The van der Waals surface area contributed by atoms with Gasteiger partial charge in [0.2, 0.25) is 0 Å². The van der Waals surface area contributed by atoms with E-state index >= 15 is 0 Å². The maximum absolute atomic E-state index is 6.34. The second kappa shape index (κ2) is 11.9. The molecule has 0 spiro atoms. The highest BCUT2D eigenvalue weighted by Crippen LogP contribution is 2.43. The van der Waals surface area contributed by atoms with Gasteiger partial charge in [0.1, 0.15) is 22.3 Å². The first kappa shape index (κ1) is 30.8. The maximum atomic E-state index is 6.34. The highest BCUT2D eigenvalue weighted by Gasteiger charge is 2.22. The average molecular weight is 716 g/mol. The lowest BCUT2D eigenvalue weighted by atomic mass is 9.89. The van der Waals surface area contributed by atoms with Crippen LogP contribution in [0.2, 0.25) is 0 Å². The number of fused-ring (bicyclic) bond motifs is 11. The molecule has 0 radical (unpaired) electrons. The van der Waals surface area contributed by atoms with Crippen molar-refractivity contribution in [3.63, 3.8) is 0 Å². The van der Waals surface area contributed by atoms with Gasteiger partial charge < -0.3 is 8.83 Å². The molecule has 12 rings (SSSR count). The number of aromatic nitrogens is 3. The summed E-state index contributed by atoms with van der Waals surface area (Å²) in [6, 6.07) is 61.0. The lowest BCUT2D eigenvalue weighted by Gasteiger charge is -2.16. The number of nitrogens with zero attached hydrogens (tertiary/aromatic N) is 3. The van der Waals surface area contributed by atoms with Crippen LogP contribution in [0.1, 0.15) is 0 Å². The summed E-state index contributed by atoms with van der Waals surface area (Å²) in [5, 5.41) is 11.2. The van der Waals surface area contributed by atoms with E-state index in [-0.39, 0.29) is 0 Å². The summed E-state index contributed by atoms with van der Waals surface area (Å²) in [6.07, 6.45) is 0. The van der Waals surface area contributed by atoms with Crippen molar-refractivity contribution < 1.29 is 8.83 Å². The Bertz CT molecular complexity index is 3430. The highest BCUT2D eigenvalue weighted by atomic mass is 16.3. The van der Waals surface area contributed by atoms with Crippen molar-refractivity contribution in [1.82, 2.24) is 15.0 Å². The van der Waals surface area contributed by atoms with Crippen molar-refractivity contribution in [2.75, 3.05) is 0 Å². The van der Waals surface area contributed by atoms with Crippen molar-refractivity contribution in [3.8, 4) is 45.3 Å². The molecule has 0 unspecified atom stereocenters. The largest absolute Gasteiger partial charge is 0.456 e. The van der Waals surface area contributed by atoms with Gasteiger partial charge in [-0.3, -0.25) is 0 Å². The van der Waals surface area contributed by atoms with E-state index in [9.17, 15) is 0 Å². The number of hydrogen-bond acceptors (Lipinski definition) is 5. The summed E-state index contributed by atoms with van der Waals surface area (Å²) < 4.78 is 12.7. The molecule has 0 aliphatic carbocycles. The maximum Gasteiger partial charge on any atom is 0.164 e. The Hall–Kier alpha value is -7.63. The van der Waals surface area contributed by atoms with Gasteiger partial charge in [-0.05, 0) is 73.8 Å². The first-order valence-electron chi connectivity index (χ1n) is 18.8. The summed E-state index contributed by atoms with van der Waals surface area (Å²) in [6.45, 7) is 0. The molecule has 0 saturated heterocycles. The molecule has 260 valence electrons. The molecule has 3 aromatic heterocycles. The van der Waals surface area contributed by atoms with Crippen LogP contribution in [0.25, 0.3) is 121 Å². The standard InChI is InChI=1S/C51H29N3O2/c1-2-14-31-30(13-1)27-28-35-32-15-3-4-16-33(32)42(29-41(31)35)34-17-5-6-18-36(34)49-52-50(39-21-11-25-45-47(39)37-19-7-9-23-43(37)55-45)54-51(53-49)40-22-12-26-46-48(40)38-20-8-10-24-44(38)56-46/h1-29H. The monoisotopic (exact) mass is 715 g/mol. The summed E-state index contributed by atoms with van der Waals surface area (Å²) in [5.74, 6) is 1.71. The van der Waals surface area contributed by atoms with Crippen LogP contribution in [0.5, 0.6) is 0 Å². The number of rotatable bonds is 4. The first-order chi connectivity index (χ1) is 27.8. The summed E-state index contributed by atoms with van der Waals surface area (Å²) >= 11 is 0. The highest BCUT2D eigenvalue weighted by molar-refractivity contribution is 6.21. The van der Waals surface area contributed by atoms with Gasteiger partial charge in [0.05, 0.1) is 0 Å². The van der Waals surface area contributed by atoms with Crippen molar-refractivity contribution in [3.05, 3.63) is 176 Å². The van der Waals surface area contributed by atoms with Crippen LogP contribution in [0.4, 0.5) is 0 Å². The van der Waals surface area contributed by atoms with Crippen LogP contribution in [-0.4, -0.2) is 15.0 Å². The molecule has 3 heterocycles. The van der Waals surface area contributed by atoms with Gasteiger partial charge in [0.25, 0.3) is 0 Å². The molecule has 0 bridgehead atoms. The minimum atomic E-state index is 0.566. The third kappa shape index (κ3) is 4.58. The number of benzene rings is 9. The first-order valence-corrected chi connectivity index (χ1v) is 18.8. The third-order valence-corrected chi connectivity index (χ3v) is 11.1. The fourth-order valence-corrected chi connectivity index (χ4v) is 8.66. The van der Waals surface area contributed by atoms with E-state index < -0.39 is 0 Å². The van der Waals surface area contributed by atoms with E-state index in [4.69, 9.17) is 23.8 Å². The predicted octanol–water partition coefficient (Wildman–Crippen LogP) is 13.8. The molecular formula is C51H29N3O2. The zero-order chi connectivity index (χ0) is 36.7. The van der Waals surface area contributed by atoms with E-state index in [0.717, 1.165) is 71.7 Å². The van der Waals surface area contributed by atoms with Crippen molar-refractivity contribution >= 4 is 76.2 Å².